The van der Waals surface area contributed by atoms with Crippen LogP contribution in [0.1, 0.15) is 63.1 Å². The van der Waals surface area contributed by atoms with Crippen molar-refractivity contribution in [1.82, 2.24) is 4.98 Å². The molecule has 1 unspecified atom stereocenters. The molecule has 160 valence electrons. The van der Waals surface area contributed by atoms with Crippen LogP contribution >= 0.6 is 0 Å². The summed E-state index contributed by atoms with van der Waals surface area (Å²) >= 11 is 0. The second-order valence-corrected chi connectivity index (χ2v) is 8.05. The Labute approximate surface area is 173 Å². The van der Waals surface area contributed by atoms with Gasteiger partial charge in [-0.15, -0.1) is 0 Å². The van der Waals surface area contributed by atoms with Crippen LogP contribution in [0.25, 0.3) is 0 Å². The van der Waals surface area contributed by atoms with Gasteiger partial charge in [0.25, 0.3) is 0 Å². The van der Waals surface area contributed by atoms with Crippen molar-refractivity contribution >= 4 is 5.97 Å². The minimum absolute atomic E-state index is 0.142. The molecule has 0 aliphatic heterocycles. The second-order valence-electron chi connectivity index (χ2n) is 8.05. The van der Waals surface area contributed by atoms with Gasteiger partial charge in [0.2, 0.25) is 0 Å². The van der Waals surface area contributed by atoms with E-state index in [-0.39, 0.29) is 11.4 Å². The van der Waals surface area contributed by atoms with E-state index in [9.17, 15) is 4.79 Å². The van der Waals surface area contributed by atoms with E-state index >= 15 is 0 Å². The highest BCUT2D eigenvalue weighted by atomic mass is 16.6. The normalized spacial score (nSPS) is 12.7. The van der Waals surface area contributed by atoms with E-state index in [1.807, 2.05) is 39.0 Å². The lowest BCUT2D eigenvalue weighted by Crippen LogP contribution is -2.29. The third-order valence-electron chi connectivity index (χ3n) is 4.55. The van der Waals surface area contributed by atoms with Crippen molar-refractivity contribution < 1.29 is 23.4 Å². The molecule has 29 heavy (non-hydrogen) atoms. The number of benzene rings is 1. The van der Waals surface area contributed by atoms with Crippen molar-refractivity contribution in [1.29, 1.82) is 0 Å². The number of hydrogen-bond acceptors (Lipinski definition) is 6. The van der Waals surface area contributed by atoms with Gasteiger partial charge >= 0.3 is 5.97 Å². The van der Waals surface area contributed by atoms with Crippen LogP contribution in [0.3, 0.4) is 0 Å². The summed E-state index contributed by atoms with van der Waals surface area (Å²) in [5, 5.41) is 0. The molecule has 0 radical (unpaired) electrons. The van der Waals surface area contributed by atoms with E-state index in [2.05, 4.69) is 25.8 Å². The van der Waals surface area contributed by atoms with Crippen LogP contribution in [0.2, 0.25) is 0 Å². The van der Waals surface area contributed by atoms with Gasteiger partial charge in [-0.25, -0.2) is 9.78 Å². The number of oxazole rings is 1. The first kappa shape index (κ1) is 22.9. The topological polar surface area (TPSA) is 70.8 Å². The van der Waals surface area contributed by atoms with Gasteiger partial charge in [-0.05, 0) is 51.0 Å². The monoisotopic (exact) mass is 403 g/mol. The van der Waals surface area contributed by atoms with Crippen molar-refractivity contribution in [2.75, 3.05) is 13.2 Å². The highest BCUT2D eigenvalue weighted by molar-refractivity contribution is 5.75. The zero-order chi connectivity index (χ0) is 21.6. The Bertz CT molecular complexity index is 819. The van der Waals surface area contributed by atoms with Crippen LogP contribution in [-0.2, 0) is 32.7 Å². The first-order valence-electron chi connectivity index (χ1n) is 10.1. The van der Waals surface area contributed by atoms with Gasteiger partial charge < -0.3 is 18.6 Å². The number of carbonyl (C=O) groups excluding carboxylic acids is 1. The third kappa shape index (κ3) is 6.32. The Hall–Kier alpha value is -2.34. The Morgan fingerprint density at radius 2 is 1.90 bits per heavy atom. The number of carbonyl (C=O) groups is 1. The predicted octanol–water partition coefficient (Wildman–Crippen LogP) is 4.68. The molecule has 0 spiro atoms. The summed E-state index contributed by atoms with van der Waals surface area (Å²) in [5.74, 6) is 1.90. The van der Waals surface area contributed by atoms with E-state index in [0.29, 0.717) is 32.1 Å². The molecule has 0 N–H and O–H groups in total. The van der Waals surface area contributed by atoms with E-state index in [1.165, 1.54) is 0 Å². The van der Waals surface area contributed by atoms with E-state index < -0.39 is 6.10 Å². The maximum Gasteiger partial charge on any atom is 0.335 e. The van der Waals surface area contributed by atoms with Crippen molar-refractivity contribution in [2.24, 2.45) is 0 Å². The summed E-state index contributed by atoms with van der Waals surface area (Å²) in [6.07, 6.45) is -0.130. The van der Waals surface area contributed by atoms with Crippen LogP contribution in [-0.4, -0.2) is 30.3 Å². The zero-order valence-electron chi connectivity index (χ0n) is 18.6. The van der Waals surface area contributed by atoms with Crippen molar-refractivity contribution in [3.63, 3.8) is 0 Å². The van der Waals surface area contributed by atoms with Crippen LogP contribution in [0.5, 0.6) is 5.75 Å². The molecule has 0 aliphatic carbocycles. The number of hydrogen-bond donors (Lipinski definition) is 0. The van der Waals surface area contributed by atoms with E-state index in [1.54, 1.807) is 6.92 Å². The lowest BCUT2D eigenvalue weighted by atomic mass is 9.97. The van der Waals surface area contributed by atoms with E-state index in [0.717, 1.165) is 28.3 Å². The number of nitrogens with zero attached hydrogens (tertiary/aromatic N) is 1. The lowest BCUT2D eigenvalue weighted by Gasteiger charge is -2.17. The molecular weight excluding hydrogens is 370 g/mol. The molecule has 0 bridgehead atoms. The van der Waals surface area contributed by atoms with Crippen LogP contribution in [0.15, 0.2) is 22.6 Å². The molecule has 2 rings (SSSR count). The van der Waals surface area contributed by atoms with Gasteiger partial charge in [0.1, 0.15) is 23.8 Å². The molecule has 1 aromatic heterocycles. The standard InChI is InChI=1S/C23H33NO5/c1-8-26-20(21(25)27-9-2)13-17-10-11-18(12-15(17)3)28-14-19-16(4)29-22(24-19)23(5,6)7/h10-12,20H,8-9,13-14H2,1-7H3. The third-order valence-corrected chi connectivity index (χ3v) is 4.55. The minimum atomic E-state index is -0.598. The molecule has 0 saturated heterocycles. The predicted molar refractivity (Wildman–Crippen MR) is 111 cm³/mol. The Kier molecular flexibility index (Phi) is 7.85. The highest BCUT2D eigenvalue weighted by Gasteiger charge is 2.23. The average Bonchev–Trinajstić information content (AvgIpc) is 3.02. The van der Waals surface area contributed by atoms with E-state index in [4.69, 9.17) is 18.6 Å². The van der Waals surface area contributed by atoms with Gasteiger partial charge in [-0.2, -0.15) is 0 Å². The maximum absolute atomic E-state index is 12.1. The summed E-state index contributed by atoms with van der Waals surface area (Å²) in [7, 11) is 0. The van der Waals surface area contributed by atoms with Gasteiger partial charge in [0.05, 0.1) is 6.61 Å². The van der Waals surface area contributed by atoms with Crippen molar-refractivity contribution in [3.8, 4) is 5.75 Å². The summed E-state index contributed by atoms with van der Waals surface area (Å²) in [5.41, 5.74) is 2.72. The first-order valence-corrected chi connectivity index (χ1v) is 10.1. The molecule has 6 nitrogen and oxygen atoms in total. The van der Waals surface area contributed by atoms with Crippen molar-refractivity contribution in [2.45, 2.75) is 73.0 Å². The average molecular weight is 404 g/mol. The smallest absolute Gasteiger partial charge is 0.335 e. The number of esters is 1. The van der Waals surface area contributed by atoms with Crippen molar-refractivity contribution in [3.05, 3.63) is 46.7 Å². The van der Waals surface area contributed by atoms with Gasteiger partial charge in [-0.1, -0.05) is 26.8 Å². The van der Waals surface area contributed by atoms with Crippen LogP contribution in [0.4, 0.5) is 0 Å². The van der Waals surface area contributed by atoms with Gasteiger partial charge in [0, 0.05) is 18.4 Å². The second kappa shape index (κ2) is 9.92. The maximum atomic E-state index is 12.1. The molecule has 1 atom stereocenters. The molecule has 1 aromatic carbocycles. The first-order chi connectivity index (χ1) is 13.7. The fourth-order valence-electron chi connectivity index (χ4n) is 2.87. The molecule has 0 aliphatic rings. The zero-order valence-corrected chi connectivity index (χ0v) is 18.6. The highest BCUT2D eigenvalue weighted by Crippen LogP contribution is 2.25. The molecule has 0 fully saturated rings. The molecule has 0 saturated carbocycles. The van der Waals surface area contributed by atoms with Gasteiger partial charge in [-0.3, -0.25) is 0 Å². The fraction of sp³-hybridized carbons (Fsp3) is 0.565. The minimum Gasteiger partial charge on any atom is -0.487 e. The molecule has 2 aromatic rings. The quantitative estimate of drug-likeness (QED) is 0.566. The Morgan fingerprint density at radius 3 is 2.45 bits per heavy atom. The number of rotatable bonds is 9. The summed E-state index contributed by atoms with van der Waals surface area (Å²) in [4.78, 5) is 16.7. The van der Waals surface area contributed by atoms with Crippen LogP contribution < -0.4 is 4.74 Å². The summed E-state index contributed by atoms with van der Waals surface area (Å²) < 4.78 is 22.4. The number of aromatic nitrogens is 1. The number of ether oxygens (including phenoxy) is 3. The largest absolute Gasteiger partial charge is 0.487 e. The Balaban J connectivity index is 2.05. The fourth-order valence-corrected chi connectivity index (χ4v) is 2.87. The molecule has 0 amide bonds. The number of aryl methyl sites for hydroxylation is 2. The van der Waals surface area contributed by atoms with Crippen LogP contribution in [0, 0.1) is 13.8 Å². The molecular formula is C23H33NO5. The molecule has 6 heteroatoms. The summed E-state index contributed by atoms with van der Waals surface area (Å²) in [6.45, 7) is 14.9. The van der Waals surface area contributed by atoms with Gasteiger partial charge in [0.15, 0.2) is 12.0 Å². The Morgan fingerprint density at radius 1 is 1.17 bits per heavy atom. The SMILES string of the molecule is CCOC(=O)C(Cc1ccc(OCc2nc(C(C)(C)C)oc2C)cc1C)OCC. The lowest BCUT2D eigenvalue weighted by molar-refractivity contribution is -0.156. The summed E-state index contributed by atoms with van der Waals surface area (Å²) in [6, 6.07) is 5.83. The molecule has 1 heterocycles.